The lowest BCUT2D eigenvalue weighted by atomic mass is 9.84. The quantitative estimate of drug-likeness (QED) is 0.666. The highest BCUT2D eigenvalue weighted by Crippen LogP contribution is 2.26. The Bertz CT molecular complexity index is 164. The van der Waals surface area contributed by atoms with Gasteiger partial charge in [-0.05, 0) is 33.1 Å². The second kappa shape index (κ2) is 5.22. The van der Waals surface area contributed by atoms with Crippen LogP contribution in [0.1, 0.15) is 34.1 Å². The topological polar surface area (TPSA) is 46.5 Å². The van der Waals surface area contributed by atoms with Crippen LogP contribution in [0.2, 0.25) is 0 Å². The average molecular weight is 188 g/mol. The molecule has 0 unspecified atom stereocenters. The average Bonchev–Trinajstić information content (AvgIpc) is 2.04. The van der Waals surface area contributed by atoms with Crippen molar-refractivity contribution >= 4 is 5.97 Å². The van der Waals surface area contributed by atoms with Crippen LogP contribution in [0.4, 0.5) is 0 Å². The molecule has 0 aromatic rings. The Hall–Kier alpha value is -0.570. The highest BCUT2D eigenvalue weighted by Gasteiger charge is 2.30. The lowest BCUT2D eigenvalue weighted by Gasteiger charge is -2.24. The normalized spacial score (nSPS) is 13.9. The summed E-state index contributed by atoms with van der Waals surface area (Å²) in [6, 6.07) is 0. The summed E-state index contributed by atoms with van der Waals surface area (Å²) in [4.78, 5) is 11.4. The molecule has 0 spiro atoms. The van der Waals surface area contributed by atoms with Crippen molar-refractivity contribution in [3.63, 3.8) is 0 Å². The van der Waals surface area contributed by atoms with Crippen LogP contribution in [0.15, 0.2) is 0 Å². The van der Waals surface area contributed by atoms with E-state index in [4.69, 9.17) is 9.84 Å². The van der Waals surface area contributed by atoms with Gasteiger partial charge in [0, 0.05) is 6.61 Å². The van der Waals surface area contributed by atoms with Crippen molar-refractivity contribution in [2.24, 2.45) is 11.3 Å². The van der Waals surface area contributed by atoms with E-state index in [1.807, 2.05) is 20.8 Å². The van der Waals surface area contributed by atoms with Gasteiger partial charge in [0.15, 0.2) is 0 Å². The van der Waals surface area contributed by atoms with E-state index in [9.17, 15) is 4.79 Å². The first-order valence-corrected chi connectivity index (χ1v) is 4.72. The van der Waals surface area contributed by atoms with Gasteiger partial charge >= 0.3 is 5.97 Å². The fourth-order valence-electron chi connectivity index (χ4n) is 1.35. The van der Waals surface area contributed by atoms with Gasteiger partial charge in [0.25, 0.3) is 0 Å². The Morgan fingerprint density at radius 2 is 2.08 bits per heavy atom. The Kier molecular flexibility index (Phi) is 4.99. The molecule has 0 aromatic carbocycles. The van der Waals surface area contributed by atoms with E-state index < -0.39 is 5.41 Å². The molecule has 0 saturated carbocycles. The molecule has 0 saturated heterocycles. The predicted octanol–water partition coefficient (Wildman–Crippen LogP) is 1.59. The summed E-state index contributed by atoms with van der Waals surface area (Å²) in [6.07, 6.45) is 0.655. The predicted molar refractivity (Wildman–Crippen MR) is 51.3 cm³/mol. The van der Waals surface area contributed by atoms with Crippen molar-refractivity contribution in [1.82, 2.24) is 0 Å². The molecular weight excluding hydrogens is 168 g/mol. The highest BCUT2D eigenvalue weighted by atomic mass is 16.5. The minimum Gasteiger partial charge on any atom is -0.466 e. The number of carbonyl (C=O) groups excluding carboxylic acids is 1. The summed E-state index contributed by atoms with van der Waals surface area (Å²) < 4.78 is 4.93. The molecule has 0 aromatic heterocycles. The van der Waals surface area contributed by atoms with E-state index >= 15 is 0 Å². The lowest BCUT2D eigenvalue weighted by Crippen LogP contribution is -2.29. The minimum absolute atomic E-state index is 0.114. The number of ether oxygens (including phenoxy) is 1. The minimum atomic E-state index is -0.488. The second-order valence-corrected chi connectivity index (χ2v) is 4.10. The summed E-state index contributed by atoms with van der Waals surface area (Å²) in [5.41, 5.74) is -0.488. The standard InChI is InChI=1S/C10H20O3/c1-5-13-9(12)10(3,4)6-8(2)7-11/h8,11H,5-7H2,1-4H3/t8-/m1/s1. The van der Waals surface area contributed by atoms with Crippen LogP contribution in [-0.2, 0) is 9.53 Å². The molecular formula is C10H20O3. The number of hydrogen-bond donors (Lipinski definition) is 1. The van der Waals surface area contributed by atoms with Crippen molar-refractivity contribution in [2.75, 3.05) is 13.2 Å². The van der Waals surface area contributed by atoms with E-state index in [-0.39, 0.29) is 18.5 Å². The van der Waals surface area contributed by atoms with Crippen LogP contribution in [0, 0.1) is 11.3 Å². The first-order valence-electron chi connectivity index (χ1n) is 4.72. The summed E-state index contributed by atoms with van der Waals surface area (Å²) in [5.74, 6) is -0.0466. The van der Waals surface area contributed by atoms with Gasteiger partial charge in [-0.25, -0.2) is 0 Å². The van der Waals surface area contributed by atoms with Gasteiger partial charge in [0.2, 0.25) is 0 Å². The smallest absolute Gasteiger partial charge is 0.311 e. The number of rotatable bonds is 5. The van der Waals surface area contributed by atoms with E-state index in [0.717, 1.165) is 0 Å². The fourth-order valence-corrected chi connectivity index (χ4v) is 1.35. The Balaban J connectivity index is 4.13. The Morgan fingerprint density at radius 1 is 1.54 bits per heavy atom. The van der Waals surface area contributed by atoms with Crippen LogP contribution in [0.25, 0.3) is 0 Å². The third-order valence-electron chi connectivity index (χ3n) is 2.00. The van der Waals surface area contributed by atoms with Crippen molar-refractivity contribution < 1.29 is 14.6 Å². The van der Waals surface area contributed by atoms with E-state index in [0.29, 0.717) is 13.0 Å². The molecule has 0 bridgehead atoms. The first-order chi connectivity index (χ1) is 5.94. The van der Waals surface area contributed by atoms with Gasteiger partial charge in [-0.15, -0.1) is 0 Å². The summed E-state index contributed by atoms with van der Waals surface area (Å²) in [6.45, 7) is 7.93. The number of aliphatic hydroxyl groups excluding tert-OH is 1. The maximum atomic E-state index is 11.4. The molecule has 0 aliphatic rings. The van der Waals surface area contributed by atoms with Crippen molar-refractivity contribution in [1.29, 1.82) is 0 Å². The van der Waals surface area contributed by atoms with Crippen molar-refractivity contribution in [3.05, 3.63) is 0 Å². The molecule has 0 fully saturated rings. The fraction of sp³-hybridized carbons (Fsp3) is 0.900. The largest absolute Gasteiger partial charge is 0.466 e. The molecule has 0 heterocycles. The number of carbonyl (C=O) groups is 1. The Morgan fingerprint density at radius 3 is 2.46 bits per heavy atom. The SMILES string of the molecule is CCOC(=O)C(C)(C)C[C@@H](C)CO. The molecule has 3 heteroatoms. The van der Waals surface area contributed by atoms with Crippen LogP contribution >= 0.6 is 0 Å². The summed E-state index contributed by atoms with van der Waals surface area (Å²) in [5, 5.41) is 8.86. The van der Waals surface area contributed by atoms with Crippen LogP contribution in [0.3, 0.4) is 0 Å². The molecule has 1 N–H and O–H groups in total. The first kappa shape index (κ1) is 12.4. The number of aliphatic hydroxyl groups is 1. The molecule has 0 radical (unpaired) electrons. The van der Waals surface area contributed by atoms with Crippen LogP contribution in [0.5, 0.6) is 0 Å². The zero-order valence-corrected chi connectivity index (χ0v) is 8.96. The van der Waals surface area contributed by atoms with E-state index in [1.165, 1.54) is 0 Å². The molecule has 0 aliphatic carbocycles. The van der Waals surface area contributed by atoms with Crippen molar-refractivity contribution in [3.8, 4) is 0 Å². The summed E-state index contributed by atoms with van der Waals surface area (Å²) >= 11 is 0. The van der Waals surface area contributed by atoms with E-state index in [2.05, 4.69) is 0 Å². The van der Waals surface area contributed by atoms with Gasteiger partial charge < -0.3 is 9.84 Å². The molecule has 0 amide bonds. The number of hydrogen-bond acceptors (Lipinski definition) is 3. The molecule has 0 aliphatic heterocycles. The van der Waals surface area contributed by atoms with Gasteiger partial charge in [-0.3, -0.25) is 4.79 Å². The molecule has 0 rings (SSSR count). The van der Waals surface area contributed by atoms with Gasteiger partial charge in [0.05, 0.1) is 12.0 Å². The molecule has 1 atom stereocenters. The van der Waals surface area contributed by atoms with Crippen molar-refractivity contribution in [2.45, 2.75) is 34.1 Å². The highest BCUT2D eigenvalue weighted by molar-refractivity contribution is 5.75. The zero-order valence-electron chi connectivity index (χ0n) is 8.96. The van der Waals surface area contributed by atoms with E-state index in [1.54, 1.807) is 6.92 Å². The molecule has 78 valence electrons. The Labute approximate surface area is 80.1 Å². The van der Waals surface area contributed by atoms with Gasteiger partial charge in [-0.1, -0.05) is 6.92 Å². The van der Waals surface area contributed by atoms with Gasteiger partial charge in [-0.2, -0.15) is 0 Å². The maximum absolute atomic E-state index is 11.4. The lowest BCUT2D eigenvalue weighted by molar-refractivity contribution is -0.154. The maximum Gasteiger partial charge on any atom is 0.311 e. The zero-order chi connectivity index (χ0) is 10.5. The third kappa shape index (κ3) is 4.27. The summed E-state index contributed by atoms with van der Waals surface area (Å²) in [7, 11) is 0. The monoisotopic (exact) mass is 188 g/mol. The van der Waals surface area contributed by atoms with Crippen LogP contribution in [-0.4, -0.2) is 24.3 Å². The third-order valence-corrected chi connectivity index (χ3v) is 2.00. The second-order valence-electron chi connectivity index (χ2n) is 4.10. The molecule has 13 heavy (non-hydrogen) atoms. The number of esters is 1. The van der Waals surface area contributed by atoms with Crippen LogP contribution < -0.4 is 0 Å². The van der Waals surface area contributed by atoms with Gasteiger partial charge in [0.1, 0.15) is 0 Å². The molecule has 3 nitrogen and oxygen atoms in total.